The molecule has 0 fully saturated rings. The van der Waals surface area contributed by atoms with Crippen molar-refractivity contribution in [3.8, 4) is 11.1 Å². The van der Waals surface area contributed by atoms with Gasteiger partial charge in [0.25, 0.3) is 0 Å². The monoisotopic (exact) mass is 433 g/mol. The Morgan fingerprint density at radius 3 is 2.34 bits per heavy atom. The molecule has 2 aromatic carbocycles. The zero-order valence-electron chi connectivity index (χ0n) is 18.2. The summed E-state index contributed by atoms with van der Waals surface area (Å²) in [5, 5.41) is 12.3. The summed E-state index contributed by atoms with van der Waals surface area (Å²) in [5.74, 6) is -0.415. The summed E-state index contributed by atoms with van der Waals surface area (Å²) in [7, 11) is 0. The number of fused-ring (bicyclic) bond motifs is 3. The highest BCUT2D eigenvalue weighted by Gasteiger charge is 2.32. The summed E-state index contributed by atoms with van der Waals surface area (Å²) < 4.78 is 7.32. The third-order valence-corrected chi connectivity index (χ3v) is 6.03. The van der Waals surface area contributed by atoms with Gasteiger partial charge in [0, 0.05) is 24.7 Å². The smallest absolute Gasteiger partial charge is 0.407 e. The molecule has 4 rings (SSSR count). The van der Waals surface area contributed by atoms with E-state index in [2.05, 4.69) is 22.4 Å². The molecule has 0 spiro atoms. The van der Waals surface area contributed by atoms with E-state index in [-0.39, 0.29) is 12.5 Å². The van der Waals surface area contributed by atoms with Crippen LogP contribution in [0.2, 0.25) is 0 Å². The minimum atomic E-state index is -1.14. The normalized spacial score (nSPS) is 14.3. The lowest BCUT2D eigenvalue weighted by Gasteiger charge is -2.24. The first-order valence-electron chi connectivity index (χ1n) is 10.9. The molecule has 166 valence electrons. The maximum Gasteiger partial charge on any atom is 0.407 e. The average molecular weight is 434 g/mol. The molecule has 1 aromatic heterocycles. The van der Waals surface area contributed by atoms with E-state index < -0.39 is 24.1 Å². The fourth-order valence-electron chi connectivity index (χ4n) is 4.45. The van der Waals surface area contributed by atoms with Crippen molar-refractivity contribution < 1.29 is 19.4 Å². The number of carbonyl (C=O) groups is 2. The van der Waals surface area contributed by atoms with Crippen LogP contribution in [0.5, 0.6) is 0 Å². The molecule has 2 N–H and O–H groups in total. The van der Waals surface area contributed by atoms with Crippen molar-refractivity contribution in [2.45, 2.75) is 44.7 Å². The Kier molecular flexibility index (Phi) is 6.25. The largest absolute Gasteiger partial charge is 0.480 e. The number of aromatic nitrogens is 2. The Bertz CT molecular complexity index is 1080. The van der Waals surface area contributed by atoms with Gasteiger partial charge in [0.05, 0.1) is 6.04 Å². The van der Waals surface area contributed by atoms with Crippen LogP contribution >= 0.6 is 0 Å². The van der Waals surface area contributed by atoms with Crippen molar-refractivity contribution in [1.29, 1.82) is 0 Å². The Balaban J connectivity index is 1.46. The number of imidazole rings is 1. The molecule has 32 heavy (non-hydrogen) atoms. The summed E-state index contributed by atoms with van der Waals surface area (Å²) in [6.45, 7) is 3.92. The van der Waals surface area contributed by atoms with E-state index in [9.17, 15) is 14.7 Å². The highest BCUT2D eigenvalue weighted by atomic mass is 16.5. The van der Waals surface area contributed by atoms with E-state index in [4.69, 9.17) is 4.74 Å². The first-order valence-corrected chi connectivity index (χ1v) is 10.9. The third kappa shape index (κ3) is 4.10. The van der Waals surface area contributed by atoms with Crippen molar-refractivity contribution in [3.63, 3.8) is 0 Å². The van der Waals surface area contributed by atoms with Crippen LogP contribution in [0.3, 0.4) is 0 Å². The minimum Gasteiger partial charge on any atom is -0.480 e. The number of hydrogen-bond acceptors (Lipinski definition) is 4. The summed E-state index contributed by atoms with van der Waals surface area (Å²) in [6.07, 6.45) is 4.26. The Labute approximate surface area is 187 Å². The summed E-state index contributed by atoms with van der Waals surface area (Å²) >= 11 is 0. The number of rotatable bonds is 8. The Hall–Kier alpha value is -3.61. The lowest BCUT2D eigenvalue weighted by Crippen LogP contribution is -2.46. The van der Waals surface area contributed by atoms with Crippen LogP contribution in [-0.4, -0.2) is 39.4 Å². The number of nitrogens with one attached hydrogen (secondary N) is 1. The molecule has 0 aliphatic heterocycles. The zero-order chi connectivity index (χ0) is 22.7. The van der Waals surface area contributed by atoms with Crippen molar-refractivity contribution in [2.75, 3.05) is 6.61 Å². The molecular formula is C25H27N3O4. The average Bonchev–Trinajstić information content (AvgIpc) is 3.38. The number of amides is 1. The third-order valence-electron chi connectivity index (χ3n) is 6.03. The van der Waals surface area contributed by atoms with Crippen LogP contribution in [0.25, 0.3) is 11.1 Å². The highest BCUT2D eigenvalue weighted by Crippen LogP contribution is 2.44. The second-order valence-electron chi connectivity index (χ2n) is 8.03. The topological polar surface area (TPSA) is 93.5 Å². The second kappa shape index (κ2) is 9.26. The molecule has 1 heterocycles. The predicted molar refractivity (Wildman–Crippen MR) is 121 cm³/mol. The van der Waals surface area contributed by atoms with Crippen LogP contribution in [0.4, 0.5) is 4.79 Å². The molecule has 0 saturated heterocycles. The first-order chi connectivity index (χ1) is 15.5. The first kappa shape index (κ1) is 21.6. The predicted octanol–water partition coefficient (Wildman–Crippen LogP) is 4.39. The number of aliphatic carboxylic acids is 1. The van der Waals surface area contributed by atoms with E-state index in [0.29, 0.717) is 0 Å². The van der Waals surface area contributed by atoms with Crippen LogP contribution in [-0.2, 0) is 16.0 Å². The molecular weight excluding hydrogens is 406 g/mol. The van der Waals surface area contributed by atoms with Crippen LogP contribution in [0.15, 0.2) is 60.9 Å². The van der Waals surface area contributed by atoms with E-state index in [0.717, 1.165) is 40.9 Å². The van der Waals surface area contributed by atoms with Crippen molar-refractivity contribution in [2.24, 2.45) is 0 Å². The summed E-state index contributed by atoms with van der Waals surface area (Å²) in [5.41, 5.74) is 4.48. The van der Waals surface area contributed by atoms with Gasteiger partial charge in [-0.25, -0.2) is 14.6 Å². The van der Waals surface area contributed by atoms with Gasteiger partial charge >= 0.3 is 12.1 Å². The van der Waals surface area contributed by atoms with Gasteiger partial charge in [-0.15, -0.1) is 0 Å². The van der Waals surface area contributed by atoms with Crippen LogP contribution in [0.1, 0.15) is 49.2 Å². The van der Waals surface area contributed by atoms with Gasteiger partial charge in [0.15, 0.2) is 0 Å². The zero-order valence-corrected chi connectivity index (χ0v) is 18.2. The summed E-state index contributed by atoms with van der Waals surface area (Å²) in [4.78, 5) is 28.8. The number of alkyl carbamates (subject to hydrolysis) is 1. The van der Waals surface area contributed by atoms with Crippen molar-refractivity contribution in [1.82, 2.24) is 14.9 Å². The fourth-order valence-corrected chi connectivity index (χ4v) is 4.45. The molecule has 1 aliphatic rings. The number of carboxylic acids is 1. The second-order valence-corrected chi connectivity index (χ2v) is 8.03. The van der Waals surface area contributed by atoms with E-state index in [1.54, 1.807) is 23.9 Å². The summed E-state index contributed by atoms with van der Waals surface area (Å²) in [6, 6.07) is 14.5. The molecule has 2 atom stereocenters. The van der Waals surface area contributed by atoms with Gasteiger partial charge in [0.1, 0.15) is 18.5 Å². The maximum atomic E-state index is 12.6. The lowest BCUT2D eigenvalue weighted by molar-refractivity contribution is -0.140. The number of aryl methyl sites for hydroxylation is 1. The highest BCUT2D eigenvalue weighted by molar-refractivity contribution is 5.81. The number of carboxylic acid groups (broad SMARTS) is 1. The van der Waals surface area contributed by atoms with Crippen LogP contribution < -0.4 is 5.32 Å². The minimum absolute atomic E-state index is 0.0846. The van der Waals surface area contributed by atoms with Gasteiger partial charge in [-0.1, -0.05) is 55.5 Å². The Morgan fingerprint density at radius 1 is 1.12 bits per heavy atom. The molecule has 1 amide bonds. The number of carbonyl (C=O) groups excluding carboxylic acids is 1. The number of benzene rings is 2. The standard InChI is InChI=1S/C25H27N3O4/c1-3-8-22-26-13-14-28(22)16(2)23(24(29)30)27-25(31)32-15-21-19-11-6-4-9-17(19)18-10-5-7-12-20(18)21/h4-7,9-14,16,21,23H,3,8,15H2,1-2H3,(H,27,31)(H,29,30). The van der Waals surface area contributed by atoms with E-state index >= 15 is 0 Å². The van der Waals surface area contributed by atoms with Crippen molar-refractivity contribution >= 4 is 12.1 Å². The Morgan fingerprint density at radius 2 is 1.75 bits per heavy atom. The van der Waals surface area contributed by atoms with Gasteiger partial charge in [-0.05, 0) is 35.6 Å². The number of ether oxygens (including phenoxy) is 1. The molecule has 2 unspecified atom stereocenters. The van der Waals surface area contributed by atoms with Gasteiger partial charge in [-0.2, -0.15) is 0 Å². The molecule has 0 radical (unpaired) electrons. The van der Waals surface area contributed by atoms with Crippen LogP contribution in [0, 0.1) is 0 Å². The molecule has 0 bridgehead atoms. The van der Waals surface area contributed by atoms with Crippen molar-refractivity contribution in [3.05, 3.63) is 77.9 Å². The number of hydrogen-bond donors (Lipinski definition) is 2. The molecule has 7 heteroatoms. The number of nitrogens with zero attached hydrogens (tertiary/aromatic N) is 2. The van der Waals surface area contributed by atoms with E-state index in [1.165, 1.54) is 0 Å². The molecule has 1 aliphatic carbocycles. The lowest BCUT2D eigenvalue weighted by atomic mass is 9.98. The molecule has 0 saturated carbocycles. The van der Waals surface area contributed by atoms with Gasteiger partial charge in [0.2, 0.25) is 0 Å². The maximum absolute atomic E-state index is 12.6. The molecule has 3 aromatic rings. The van der Waals surface area contributed by atoms with Gasteiger partial charge in [-0.3, -0.25) is 0 Å². The van der Waals surface area contributed by atoms with Gasteiger partial charge < -0.3 is 19.7 Å². The SMILES string of the molecule is CCCc1nccn1C(C)C(NC(=O)OCC1c2ccccc2-c2ccccc21)C(=O)O. The fraction of sp³-hybridized carbons (Fsp3) is 0.320. The molecule has 7 nitrogen and oxygen atoms in total. The van der Waals surface area contributed by atoms with E-state index in [1.807, 2.05) is 43.3 Å². The quantitative estimate of drug-likeness (QED) is 0.550.